The minimum absolute atomic E-state index is 0.352. The van der Waals surface area contributed by atoms with E-state index in [1.54, 1.807) is 0 Å². The van der Waals surface area contributed by atoms with Gasteiger partial charge in [0.25, 0.3) is 0 Å². The topological polar surface area (TPSA) is 35.6 Å². The summed E-state index contributed by atoms with van der Waals surface area (Å²) in [6.07, 6.45) is 3.71. The van der Waals surface area contributed by atoms with Crippen LogP contribution < -0.4 is 0 Å². The van der Waals surface area contributed by atoms with E-state index < -0.39 is 0 Å². The van der Waals surface area contributed by atoms with E-state index in [0.29, 0.717) is 17.4 Å². The van der Waals surface area contributed by atoms with Crippen LogP contribution in [0.4, 0.5) is 0 Å². The summed E-state index contributed by atoms with van der Waals surface area (Å²) in [6, 6.07) is 5.78. The summed E-state index contributed by atoms with van der Waals surface area (Å²) in [7, 11) is 0. The molecule has 0 bridgehead atoms. The van der Waals surface area contributed by atoms with Crippen LogP contribution in [0.25, 0.3) is 11.0 Å². The maximum Gasteiger partial charge on any atom is 0.125 e. The van der Waals surface area contributed by atoms with Gasteiger partial charge in [-0.25, -0.2) is 9.97 Å². The van der Waals surface area contributed by atoms with Crippen molar-refractivity contribution in [2.45, 2.75) is 25.9 Å². The molecule has 0 N–H and O–H groups in total. The van der Waals surface area contributed by atoms with Gasteiger partial charge in [0.2, 0.25) is 0 Å². The van der Waals surface area contributed by atoms with Crippen molar-refractivity contribution in [1.29, 1.82) is 0 Å². The highest BCUT2D eigenvalue weighted by Crippen LogP contribution is 2.25. The van der Waals surface area contributed by atoms with E-state index in [1.165, 1.54) is 0 Å². The fraction of sp³-hybridized carbons (Fsp3) is 0.286. The number of fused-ring (bicyclic) bond motifs is 1. The molecule has 20 heavy (non-hydrogen) atoms. The largest absolute Gasteiger partial charge is 0.333 e. The number of hydrogen-bond donors (Lipinski definition) is 0. The molecule has 104 valence electrons. The first kappa shape index (κ1) is 13.5. The van der Waals surface area contributed by atoms with Crippen LogP contribution in [-0.4, -0.2) is 19.1 Å². The molecular formula is C14H14Cl2N4. The van der Waals surface area contributed by atoms with E-state index in [0.717, 1.165) is 29.1 Å². The predicted molar refractivity (Wildman–Crippen MR) is 81.3 cm³/mol. The average molecular weight is 309 g/mol. The summed E-state index contributed by atoms with van der Waals surface area (Å²) < 4.78 is 4.20. The summed E-state index contributed by atoms with van der Waals surface area (Å²) >= 11 is 12.2. The zero-order valence-electron chi connectivity index (χ0n) is 11.1. The van der Waals surface area contributed by atoms with Crippen molar-refractivity contribution in [3.8, 4) is 0 Å². The number of benzene rings is 1. The lowest BCUT2D eigenvalue weighted by atomic mass is 10.3. The molecule has 0 atom stereocenters. The lowest BCUT2D eigenvalue weighted by molar-refractivity contribution is 0.665. The van der Waals surface area contributed by atoms with Gasteiger partial charge < -0.3 is 9.13 Å². The van der Waals surface area contributed by atoms with Crippen molar-refractivity contribution >= 4 is 34.2 Å². The van der Waals surface area contributed by atoms with E-state index in [9.17, 15) is 0 Å². The summed E-state index contributed by atoms with van der Waals surface area (Å²) in [4.78, 5) is 8.73. The third-order valence-electron chi connectivity index (χ3n) is 3.39. The van der Waals surface area contributed by atoms with Crippen LogP contribution in [0.5, 0.6) is 0 Å². The van der Waals surface area contributed by atoms with Crippen LogP contribution >= 0.6 is 23.2 Å². The first-order valence-electron chi connectivity index (χ1n) is 6.43. The Kier molecular flexibility index (Phi) is 3.68. The second-order valence-electron chi connectivity index (χ2n) is 4.53. The van der Waals surface area contributed by atoms with Crippen LogP contribution in [0.3, 0.4) is 0 Å². The number of aromatic nitrogens is 4. The SMILES string of the molecule is CCn1cncc1Cn1c(CCl)nc2c(Cl)cccc21. The molecule has 0 spiro atoms. The van der Waals surface area contributed by atoms with Crippen molar-refractivity contribution in [3.05, 3.63) is 47.3 Å². The van der Waals surface area contributed by atoms with Crippen molar-refractivity contribution < 1.29 is 0 Å². The minimum atomic E-state index is 0.352. The number of rotatable bonds is 4. The lowest BCUT2D eigenvalue weighted by Gasteiger charge is -2.09. The number of para-hydroxylation sites is 1. The Labute approximate surface area is 127 Å². The van der Waals surface area contributed by atoms with E-state index in [-0.39, 0.29) is 0 Å². The molecule has 0 amide bonds. The highest BCUT2D eigenvalue weighted by molar-refractivity contribution is 6.35. The normalized spacial score (nSPS) is 11.3. The van der Waals surface area contributed by atoms with Gasteiger partial charge in [-0.2, -0.15) is 0 Å². The molecule has 2 aromatic heterocycles. The first-order valence-corrected chi connectivity index (χ1v) is 7.34. The van der Waals surface area contributed by atoms with E-state index in [1.807, 2.05) is 30.7 Å². The Morgan fingerprint density at radius 3 is 2.90 bits per heavy atom. The number of halogens is 2. The molecule has 0 saturated carbocycles. The second kappa shape index (κ2) is 5.46. The van der Waals surface area contributed by atoms with Crippen molar-refractivity contribution in [1.82, 2.24) is 19.1 Å². The van der Waals surface area contributed by atoms with E-state index in [4.69, 9.17) is 23.2 Å². The Hall–Kier alpha value is -1.52. The van der Waals surface area contributed by atoms with Gasteiger partial charge in [-0.05, 0) is 19.1 Å². The molecule has 0 unspecified atom stereocenters. The third-order valence-corrected chi connectivity index (χ3v) is 3.93. The van der Waals surface area contributed by atoms with Gasteiger partial charge in [0, 0.05) is 12.7 Å². The summed E-state index contributed by atoms with van der Waals surface area (Å²) in [5.41, 5.74) is 2.92. The highest BCUT2D eigenvalue weighted by atomic mass is 35.5. The summed E-state index contributed by atoms with van der Waals surface area (Å²) in [5, 5.41) is 0.650. The van der Waals surface area contributed by atoms with Gasteiger partial charge in [0.1, 0.15) is 11.3 Å². The monoisotopic (exact) mass is 308 g/mol. The molecule has 0 fully saturated rings. The van der Waals surface area contributed by atoms with E-state index in [2.05, 4.69) is 26.0 Å². The standard InChI is InChI=1S/C14H14Cl2N4/c1-2-19-9-17-7-10(19)8-20-12-5-3-4-11(16)14(12)18-13(20)6-15/h3-5,7,9H,2,6,8H2,1H3. The molecule has 0 aliphatic carbocycles. The average Bonchev–Trinajstić information content (AvgIpc) is 3.05. The molecular weight excluding hydrogens is 295 g/mol. The molecule has 1 aromatic carbocycles. The number of hydrogen-bond acceptors (Lipinski definition) is 2. The number of alkyl halides is 1. The minimum Gasteiger partial charge on any atom is -0.333 e. The molecule has 3 aromatic rings. The molecule has 2 heterocycles. The molecule has 0 aliphatic heterocycles. The van der Waals surface area contributed by atoms with Gasteiger partial charge in [0.05, 0.1) is 35.0 Å². The van der Waals surface area contributed by atoms with Gasteiger partial charge in [-0.15, -0.1) is 11.6 Å². The van der Waals surface area contributed by atoms with Gasteiger partial charge in [-0.3, -0.25) is 0 Å². The second-order valence-corrected chi connectivity index (χ2v) is 5.20. The van der Waals surface area contributed by atoms with Gasteiger partial charge in [-0.1, -0.05) is 17.7 Å². The summed E-state index contributed by atoms with van der Waals surface area (Å²) in [6.45, 7) is 3.67. The van der Waals surface area contributed by atoms with Crippen molar-refractivity contribution in [3.63, 3.8) is 0 Å². The maximum absolute atomic E-state index is 6.20. The smallest absolute Gasteiger partial charge is 0.125 e. The van der Waals surface area contributed by atoms with Crippen LogP contribution in [0.1, 0.15) is 18.4 Å². The highest BCUT2D eigenvalue weighted by Gasteiger charge is 2.13. The zero-order valence-corrected chi connectivity index (χ0v) is 12.6. The van der Waals surface area contributed by atoms with Crippen LogP contribution in [0.2, 0.25) is 5.02 Å². The molecule has 0 radical (unpaired) electrons. The molecule has 3 rings (SSSR count). The van der Waals surface area contributed by atoms with Crippen LogP contribution in [0.15, 0.2) is 30.7 Å². The molecule has 4 nitrogen and oxygen atoms in total. The Balaban J connectivity index is 2.13. The molecule has 0 saturated heterocycles. The quantitative estimate of drug-likeness (QED) is 0.689. The number of aryl methyl sites for hydroxylation is 1. The van der Waals surface area contributed by atoms with Gasteiger partial charge in [0.15, 0.2) is 0 Å². The van der Waals surface area contributed by atoms with Crippen molar-refractivity contribution in [2.24, 2.45) is 0 Å². The predicted octanol–water partition coefficient (Wildman–Crippen LogP) is 3.69. The van der Waals surface area contributed by atoms with Crippen LogP contribution in [-0.2, 0) is 19.0 Å². The van der Waals surface area contributed by atoms with Crippen LogP contribution in [0, 0.1) is 0 Å². The maximum atomic E-state index is 6.20. The lowest BCUT2D eigenvalue weighted by Crippen LogP contribution is -2.08. The van der Waals surface area contributed by atoms with E-state index >= 15 is 0 Å². The Bertz CT molecular complexity index is 745. The number of nitrogens with zero attached hydrogens (tertiary/aromatic N) is 4. The molecule has 0 aliphatic rings. The zero-order chi connectivity index (χ0) is 14.1. The fourth-order valence-corrected chi connectivity index (χ4v) is 2.78. The fourth-order valence-electron chi connectivity index (χ4n) is 2.37. The number of imidazole rings is 2. The first-order chi connectivity index (χ1) is 9.74. The Morgan fingerprint density at radius 1 is 1.30 bits per heavy atom. The van der Waals surface area contributed by atoms with Gasteiger partial charge >= 0.3 is 0 Å². The summed E-state index contributed by atoms with van der Waals surface area (Å²) in [5.74, 6) is 1.17. The molecule has 6 heteroatoms. The third kappa shape index (κ3) is 2.19. The van der Waals surface area contributed by atoms with Crippen molar-refractivity contribution in [2.75, 3.05) is 0 Å². The Morgan fingerprint density at radius 2 is 2.15 bits per heavy atom.